The number of nitrogens with one attached hydrogen (secondary N) is 1. The Labute approximate surface area is 168 Å². The van der Waals surface area contributed by atoms with Gasteiger partial charge in [0, 0.05) is 30.5 Å². The third-order valence-electron chi connectivity index (χ3n) is 4.45. The summed E-state index contributed by atoms with van der Waals surface area (Å²) in [4.78, 5) is 17.0. The summed E-state index contributed by atoms with van der Waals surface area (Å²) in [5.41, 5.74) is 1.87. The quantitative estimate of drug-likeness (QED) is 0.469. The van der Waals surface area contributed by atoms with Gasteiger partial charge in [0.05, 0.1) is 0 Å². The van der Waals surface area contributed by atoms with Gasteiger partial charge in [0.1, 0.15) is 5.25 Å². The maximum atomic E-state index is 12.9. The standard InChI is InChI=1S/C21H21N5OS/c1-2-14-26-19(16-10-12-22-13-11-16)24-25-21(26)28-18(15-6-4-3-5-7-15)20(27)23-17-8-9-17/h2-7,10-13,17-18H,1,8-9,14H2,(H,23,27). The second-order valence-electron chi connectivity index (χ2n) is 6.63. The molecule has 1 atom stereocenters. The van der Waals surface area contributed by atoms with Crippen molar-refractivity contribution < 1.29 is 4.79 Å². The molecule has 1 aromatic carbocycles. The van der Waals surface area contributed by atoms with E-state index in [2.05, 4.69) is 27.1 Å². The third kappa shape index (κ3) is 4.14. The van der Waals surface area contributed by atoms with Crippen LogP contribution >= 0.6 is 11.8 Å². The van der Waals surface area contributed by atoms with Crippen LogP contribution in [-0.4, -0.2) is 31.7 Å². The number of amides is 1. The van der Waals surface area contributed by atoms with Crippen molar-refractivity contribution >= 4 is 17.7 Å². The van der Waals surface area contributed by atoms with Gasteiger partial charge in [-0.3, -0.25) is 14.3 Å². The summed E-state index contributed by atoms with van der Waals surface area (Å²) in [6, 6.07) is 13.9. The van der Waals surface area contributed by atoms with Gasteiger partial charge in [-0.15, -0.1) is 16.8 Å². The maximum Gasteiger partial charge on any atom is 0.238 e. The molecule has 0 radical (unpaired) electrons. The van der Waals surface area contributed by atoms with E-state index in [0.29, 0.717) is 17.7 Å². The Morgan fingerprint density at radius 3 is 2.64 bits per heavy atom. The van der Waals surface area contributed by atoms with Gasteiger partial charge in [0.25, 0.3) is 0 Å². The predicted molar refractivity (Wildman–Crippen MR) is 110 cm³/mol. The molecule has 7 heteroatoms. The van der Waals surface area contributed by atoms with Crippen LogP contribution in [0.2, 0.25) is 0 Å². The number of aromatic nitrogens is 4. The molecule has 142 valence electrons. The zero-order valence-electron chi connectivity index (χ0n) is 15.4. The van der Waals surface area contributed by atoms with E-state index in [1.807, 2.05) is 47.0 Å². The number of thioether (sulfide) groups is 1. The molecule has 4 rings (SSSR count). The minimum Gasteiger partial charge on any atom is -0.352 e. The molecule has 0 bridgehead atoms. The van der Waals surface area contributed by atoms with E-state index >= 15 is 0 Å². The molecule has 0 saturated heterocycles. The lowest BCUT2D eigenvalue weighted by atomic mass is 10.1. The minimum absolute atomic E-state index is 0.0114. The van der Waals surface area contributed by atoms with Crippen LogP contribution in [0.15, 0.2) is 72.7 Å². The Morgan fingerprint density at radius 2 is 1.96 bits per heavy atom. The largest absolute Gasteiger partial charge is 0.352 e. The normalized spacial score (nSPS) is 14.4. The number of rotatable bonds is 8. The van der Waals surface area contributed by atoms with Gasteiger partial charge in [0.2, 0.25) is 5.91 Å². The first-order valence-corrected chi connectivity index (χ1v) is 10.1. The molecule has 1 aliphatic carbocycles. The van der Waals surface area contributed by atoms with E-state index in [9.17, 15) is 4.79 Å². The summed E-state index contributed by atoms with van der Waals surface area (Å²) in [5, 5.41) is 12.2. The fourth-order valence-electron chi connectivity index (χ4n) is 2.89. The first-order valence-electron chi connectivity index (χ1n) is 9.22. The highest BCUT2D eigenvalue weighted by Crippen LogP contribution is 2.37. The molecule has 0 spiro atoms. The molecule has 1 amide bonds. The Kier molecular flexibility index (Phi) is 5.53. The molecule has 0 aliphatic heterocycles. The molecule has 2 heterocycles. The van der Waals surface area contributed by atoms with Crippen LogP contribution in [-0.2, 0) is 11.3 Å². The van der Waals surface area contributed by atoms with Crippen LogP contribution in [0.4, 0.5) is 0 Å². The average molecular weight is 392 g/mol. The van der Waals surface area contributed by atoms with Gasteiger partial charge in [-0.05, 0) is 30.5 Å². The van der Waals surface area contributed by atoms with Gasteiger partial charge in [-0.25, -0.2) is 0 Å². The SMILES string of the molecule is C=CCn1c(SC(C(=O)NC2CC2)c2ccccc2)nnc1-c1ccncc1. The second kappa shape index (κ2) is 8.39. The number of carbonyl (C=O) groups excluding carboxylic acids is 1. The molecule has 1 unspecified atom stereocenters. The highest BCUT2D eigenvalue weighted by molar-refractivity contribution is 8.00. The van der Waals surface area contributed by atoms with Crippen molar-refractivity contribution in [3.05, 3.63) is 73.1 Å². The third-order valence-corrected chi connectivity index (χ3v) is 5.69. The minimum atomic E-state index is -0.389. The van der Waals surface area contributed by atoms with Gasteiger partial charge in [0.15, 0.2) is 11.0 Å². The van der Waals surface area contributed by atoms with E-state index in [-0.39, 0.29) is 11.2 Å². The van der Waals surface area contributed by atoms with Crippen LogP contribution in [0.3, 0.4) is 0 Å². The first-order chi connectivity index (χ1) is 13.8. The Hall–Kier alpha value is -2.93. The molecule has 2 aromatic heterocycles. The second-order valence-corrected chi connectivity index (χ2v) is 7.71. The van der Waals surface area contributed by atoms with Crippen LogP contribution in [0, 0.1) is 0 Å². The predicted octanol–water partition coefficient (Wildman–Crippen LogP) is 3.64. The summed E-state index contributed by atoms with van der Waals surface area (Å²) in [6.07, 6.45) is 7.36. The lowest BCUT2D eigenvalue weighted by molar-refractivity contribution is -0.120. The highest BCUT2D eigenvalue weighted by Gasteiger charge is 2.30. The molecular formula is C21H21N5OS. The zero-order valence-corrected chi connectivity index (χ0v) is 16.2. The Bertz CT molecular complexity index is 953. The summed E-state index contributed by atoms with van der Waals surface area (Å²) in [5.74, 6) is 0.747. The van der Waals surface area contributed by atoms with E-state index in [4.69, 9.17) is 0 Å². The summed E-state index contributed by atoms with van der Waals surface area (Å²) >= 11 is 1.42. The number of nitrogens with zero attached hydrogens (tertiary/aromatic N) is 4. The number of hydrogen-bond donors (Lipinski definition) is 1. The molecule has 1 saturated carbocycles. The molecule has 6 nitrogen and oxygen atoms in total. The number of hydrogen-bond acceptors (Lipinski definition) is 5. The lowest BCUT2D eigenvalue weighted by Gasteiger charge is -2.17. The van der Waals surface area contributed by atoms with Crippen molar-refractivity contribution in [1.82, 2.24) is 25.1 Å². The lowest BCUT2D eigenvalue weighted by Crippen LogP contribution is -2.30. The Morgan fingerprint density at radius 1 is 1.21 bits per heavy atom. The van der Waals surface area contributed by atoms with E-state index in [0.717, 1.165) is 29.8 Å². The van der Waals surface area contributed by atoms with Crippen LogP contribution in [0.1, 0.15) is 23.7 Å². The molecule has 1 N–H and O–H groups in total. The fourth-order valence-corrected chi connectivity index (χ4v) is 3.95. The smallest absolute Gasteiger partial charge is 0.238 e. The van der Waals surface area contributed by atoms with Crippen LogP contribution in [0.5, 0.6) is 0 Å². The van der Waals surface area contributed by atoms with Gasteiger partial charge >= 0.3 is 0 Å². The molecular weight excluding hydrogens is 370 g/mol. The van der Waals surface area contributed by atoms with Crippen molar-refractivity contribution in [1.29, 1.82) is 0 Å². The van der Waals surface area contributed by atoms with Crippen LogP contribution in [0.25, 0.3) is 11.4 Å². The summed E-state index contributed by atoms with van der Waals surface area (Å²) < 4.78 is 1.98. The highest BCUT2D eigenvalue weighted by atomic mass is 32.2. The maximum absolute atomic E-state index is 12.9. The van der Waals surface area contributed by atoms with Crippen molar-refractivity contribution in [2.45, 2.75) is 35.8 Å². The average Bonchev–Trinajstić information content (AvgIpc) is 3.46. The van der Waals surface area contributed by atoms with Gasteiger partial charge < -0.3 is 5.32 Å². The molecule has 3 aromatic rings. The van der Waals surface area contributed by atoms with E-state index < -0.39 is 0 Å². The van der Waals surface area contributed by atoms with Crippen molar-refractivity contribution in [3.63, 3.8) is 0 Å². The summed E-state index contributed by atoms with van der Waals surface area (Å²) in [7, 11) is 0. The van der Waals surface area contributed by atoms with Gasteiger partial charge in [-0.2, -0.15) is 0 Å². The number of benzene rings is 1. The number of pyridine rings is 1. The fraction of sp³-hybridized carbons (Fsp3) is 0.238. The Balaban J connectivity index is 1.67. The summed E-state index contributed by atoms with van der Waals surface area (Å²) in [6.45, 7) is 4.41. The first kappa shape index (κ1) is 18.4. The van der Waals surface area contributed by atoms with Crippen molar-refractivity contribution in [3.8, 4) is 11.4 Å². The van der Waals surface area contributed by atoms with E-state index in [1.165, 1.54) is 11.8 Å². The number of allylic oxidation sites excluding steroid dienone is 1. The van der Waals surface area contributed by atoms with E-state index in [1.54, 1.807) is 18.5 Å². The van der Waals surface area contributed by atoms with Crippen molar-refractivity contribution in [2.24, 2.45) is 0 Å². The van der Waals surface area contributed by atoms with Gasteiger partial charge in [-0.1, -0.05) is 48.2 Å². The van der Waals surface area contributed by atoms with Crippen molar-refractivity contribution in [2.75, 3.05) is 0 Å². The van der Waals surface area contributed by atoms with Crippen LogP contribution < -0.4 is 5.32 Å². The topological polar surface area (TPSA) is 72.7 Å². The molecule has 1 aliphatic rings. The monoisotopic (exact) mass is 391 g/mol. The molecule has 1 fully saturated rings. The zero-order chi connectivity index (χ0) is 19.3. The molecule has 28 heavy (non-hydrogen) atoms. The number of carbonyl (C=O) groups is 1.